The van der Waals surface area contributed by atoms with Gasteiger partial charge in [-0.3, -0.25) is 0 Å². The van der Waals surface area contributed by atoms with Crippen LogP contribution in [-0.2, 0) is 4.74 Å². The van der Waals surface area contributed by atoms with Crippen molar-refractivity contribution in [3.05, 3.63) is 0 Å². The predicted octanol–water partition coefficient (Wildman–Crippen LogP) is 0.101. The van der Waals surface area contributed by atoms with Crippen molar-refractivity contribution in [2.24, 2.45) is 5.73 Å². The number of hydrogen-bond donors (Lipinski definition) is 2. The molecule has 1 heterocycles. The Kier molecular flexibility index (Phi) is 3.30. The fourth-order valence-electron chi connectivity index (χ4n) is 1.38. The number of nitrogens with one attached hydrogen (secondary N) is 1. The van der Waals surface area contributed by atoms with Gasteiger partial charge in [-0.05, 0) is 20.3 Å². The first-order valence-electron chi connectivity index (χ1n) is 4.31. The lowest BCUT2D eigenvalue weighted by atomic mass is 10.1. The molecule has 1 rings (SSSR count). The van der Waals surface area contributed by atoms with Gasteiger partial charge < -0.3 is 15.8 Å². The molecule has 0 bridgehead atoms. The van der Waals surface area contributed by atoms with Crippen LogP contribution in [0.4, 0.5) is 0 Å². The molecule has 0 radical (unpaired) electrons. The molecular weight excluding hydrogens is 140 g/mol. The van der Waals surface area contributed by atoms with Gasteiger partial charge in [-0.15, -0.1) is 0 Å². The van der Waals surface area contributed by atoms with Gasteiger partial charge in [-0.1, -0.05) is 0 Å². The average molecular weight is 158 g/mol. The lowest BCUT2D eigenvalue weighted by Gasteiger charge is -2.20. The van der Waals surface area contributed by atoms with Crippen LogP contribution < -0.4 is 11.1 Å². The van der Waals surface area contributed by atoms with Crippen molar-refractivity contribution in [1.82, 2.24) is 5.32 Å². The minimum absolute atomic E-state index is 0.351. The van der Waals surface area contributed by atoms with Gasteiger partial charge >= 0.3 is 0 Å². The third kappa shape index (κ3) is 2.43. The van der Waals surface area contributed by atoms with Crippen molar-refractivity contribution in [2.45, 2.75) is 38.5 Å². The molecule has 1 aliphatic heterocycles. The summed E-state index contributed by atoms with van der Waals surface area (Å²) < 4.78 is 5.41. The van der Waals surface area contributed by atoms with Crippen molar-refractivity contribution >= 4 is 0 Å². The van der Waals surface area contributed by atoms with Gasteiger partial charge in [-0.2, -0.15) is 0 Å². The van der Waals surface area contributed by atoms with Crippen LogP contribution in [0, 0.1) is 0 Å². The third-order valence-corrected chi connectivity index (χ3v) is 2.23. The molecule has 0 aliphatic carbocycles. The summed E-state index contributed by atoms with van der Waals surface area (Å²) in [5.74, 6) is 0. The molecule has 3 nitrogen and oxygen atoms in total. The summed E-state index contributed by atoms with van der Waals surface area (Å²) in [5, 5.41) is 3.43. The molecule has 3 atom stereocenters. The van der Waals surface area contributed by atoms with E-state index in [4.69, 9.17) is 10.5 Å². The van der Waals surface area contributed by atoms with Crippen LogP contribution in [0.1, 0.15) is 20.3 Å². The van der Waals surface area contributed by atoms with Crippen molar-refractivity contribution in [3.8, 4) is 0 Å². The van der Waals surface area contributed by atoms with E-state index in [0.717, 1.165) is 13.0 Å². The highest BCUT2D eigenvalue weighted by atomic mass is 16.5. The molecule has 1 fully saturated rings. The Morgan fingerprint density at radius 1 is 1.73 bits per heavy atom. The molecule has 0 aromatic rings. The maximum atomic E-state index is 5.49. The molecule has 1 aliphatic rings. The van der Waals surface area contributed by atoms with Crippen LogP contribution in [0.25, 0.3) is 0 Å². The van der Waals surface area contributed by atoms with Crippen molar-refractivity contribution in [2.75, 3.05) is 13.2 Å². The highest BCUT2D eigenvalue weighted by Crippen LogP contribution is 2.12. The Morgan fingerprint density at radius 3 is 2.91 bits per heavy atom. The number of nitrogens with two attached hydrogens (primary N) is 1. The third-order valence-electron chi connectivity index (χ3n) is 2.23. The van der Waals surface area contributed by atoms with Gasteiger partial charge in [0.05, 0.1) is 6.10 Å². The molecule has 3 N–H and O–H groups in total. The van der Waals surface area contributed by atoms with Crippen molar-refractivity contribution in [3.63, 3.8) is 0 Å². The first-order valence-corrected chi connectivity index (χ1v) is 4.31. The van der Waals surface area contributed by atoms with Crippen LogP contribution in [0.5, 0.6) is 0 Å². The van der Waals surface area contributed by atoms with Crippen molar-refractivity contribution in [1.29, 1.82) is 0 Å². The second-order valence-electron chi connectivity index (χ2n) is 3.27. The molecule has 0 saturated carbocycles. The van der Waals surface area contributed by atoms with E-state index in [1.165, 1.54) is 0 Å². The van der Waals surface area contributed by atoms with Gasteiger partial charge in [-0.25, -0.2) is 0 Å². The smallest absolute Gasteiger partial charge is 0.0700 e. The first kappa shape index (κ1) is 8.97. The van der Waals surface area contributed by atoms with Gasteiger partial charge in [0, 0.05) is 25.2 Å². The molecule has 3 unspecified atom stereocenters. The largest absolute Gasteiger partial charge is 0.377 e. The van der Waals surface area contributed by atoms with Crippen LogP contribution in [0.15, 0.2) is 0 Å². The molecule has 0 aromatic carbocycles. The first-order chi connectivity index (χ1) is 5.24. The number of hydrogen-bond acceptors (Lipinski definition) is 3. The van der Waals surface area contributed by atoms with Crippen LogP contribution in [0.3, 0.4) is 0 Å². The Hall–Kier alpha value is -0.120. The predicted molar refractivity (Wildman–Crippen MR) is 45.5 cm³/mol. The lowest BCUT2D eigenvalue weighted by molar-refractivity contribution is 0.111. The van der Waals surface area contributed by atoms with Crippen LogP contribution in [0.2, 0.25) is 0 Å². The number of ether oxygens (including phenoxy) is 1. The van der Waals surface area contributed by atoms with Gasteiger partial charge in [0.1, 0.15) is 0 Å². The summed E-state index contributed by atoms with van der Waals surface area (Å²) in [4.78, 5) is 0. The Balaban J connectivity index is 2.24. The van der Waals surface area contributed by atoms with E-state index in [1.54, 1.807) is 0 Å². The zero-order chi connectivity index (χ0) is 8.27. The highest BCUT2D eigenvalue weighted by molar-refractivity contribution is 4.81. The summed E-state index contributed by atoms with van der Waals surface area (Å²) in [6, 6.07) is 0.915. The molecule has 0 aromatic heterocycles. The summed E-state index contributed by atoms with van der Waals surface area (Å²) in [6.45, 7) is 5.79. The van der Waals surface area contributed by atoms with Crippen molar-refractivity contribution < 1.29 is 4.74 Å². The molecule has 0 amide bonds. The molecular formula is C8H18N2O. The van der Waals surface area contributed by atoms with Gasteiger partial charge in [0.2, 0.25) is 0 Å². The minimum atomic E-state index is 0.351. The summed E-state index contributed by atoms with van der Waals surface area (Å²) in [5.41, 5.74) is 5.49. The Bertz CT molecular complexity index is 119. The summed E-state index contributed by atoms with van der Waals surface area (Å²) >= 11 is 0. The number of rotatable bonds is 3. The monoisotopic (exact) mass is 158 g/mol. The fraction of sp³-hybridized carbons (Fsp3) is 1.00. The van der Waals surface area contributed by atoms with E-state index in [1.807, 2.05) is 0 Å². The maximum Gasteiger partial charge on any atom is 0.0700 e. The van der Waals surface area contributed by atoms with E-state index in [-0.39, 0.29) is 0 Å². The van der Waals surface area contributed by atoms with E-state index in [2.05, 4.69) is 19.2 Å². The summed E-state index contributed by atoms with van der Waals surface area (Å²) in [7, 11) is 0. The lowest BCUT2D eigenvalue weighted by Crippen LogP contribution is -2.43. The fourth-order valence-corrected chi connectivity index (χ4v) is 1.38. The van der Waals surface area contributed by atoms with E-state index in [0.29, 0.717) is 24.7 Å². The second-order valence-corrected chi connectivity index (χ2v) is 3.27. The van der Waals surface area contributed by atoms with Gasteiger partial charge in [0.15, 0.2) is 0 Å². The topological polar surface area (TPSA) is 47.3 Å². The van der Waals surface area contributed by atoms with Crippen LogP contribution >= 0.6 is 0 Å². The highest BCUT2D eigenvalue weighted by Gasteiger charge is 2.24. The molecule has 66 valence electrons. The standard InChI is InChI=1S/C8H18N2O/c1-6(5-9)10-8-3-4-11-7(8)2/h6-8,10H,3-5,9H2,1-2H3. The van der Waals surface area contributed by atoms with E-state index >= 15 is 0 Å². The Labute approximate surface area is 68.3 Å². The van der Waals surface area contributed by atoms with Gasteiger partial charge in [0.25, 0.3) is 0 Å². The zero-order valence-corrected chi connectivity index (χ0v) is 7.34. The van der Waals surface area contributed by atoms with E-state index in [9.17, 15) is 0 Å². The second kappa shape index (κ2) is 4.04. The average Bonchev–Trinajstić information content (AvgIpc) is 2.37. The quantitative estimate of drug-likeness (QED) is 0.612. The molecule has 11 heavy (non-hydrogen) atoms. The SMILES string of the molecule is CC(CN)NC1CCOC1C. The Morgan fingerprint density at radius 2 is 2.45 bits per heavy atom. The van der Waals surface area contributed by atoms with Crippen LogP contribution in [-0.4, -0.2) is 31.3 Å². The van der Waals surface area contributed by atoms with E-state index < -0.39 is 0 Å². The minimum Gasteiger partial charge on any atom is -0.377 e. The zero-order valence-electron chi connectivity index (χ0n) is 7.34. The normalized spacial score (nSPS) is 34.1. The molecule has 3 heteroatoms. The molecule has 0 spiro atoms. The maximum absolute atomic E-state index is 5.49. The molecule has 1 saturated heterocycles. The summed E-state index contributed by atoms with van der Waals surface area (Å²) in [6.07, 6.45) is 1.47.